The number of aryl methyl sites for hydroxylation is 4. The molecule has 6 nitrogen and oxygen atoms in total. The Morgan fingerprint density at radius 2 is 1.37 bits per heavy atom. The van der Waals surface area contributed by atoms with Crippen molar-refractivity contribution in [1.29, 1.82) is 0 Å². The van der Waals surface area contributed by atoms with Gasteiger partial charge in [-0.3, -0.25) is 14.3 Å². The van der Waals surface area contributed by atoms with Gasteiger partial charge in [0.15, 0.2) is 5.69 Å². The SMILES string of the molecule is CC[C@H](C(=O)Nc1c(C)cccc1C)n1ccc(C(=O)Nc2c(C)cccc2C)n1. The second-order valence-electron chi connectivity index (χ2n) is 7.58. The predicted octanol–water partition coefficient (Wildman–Crippen LogP) is 4.96. The summed E-state index contributed by atoms with van der Waals surface area (Å²) in [5.74, 6) is -0.448. The normalized spacial score (nSPS) is 11.8. The summed E-state index contributed by atoms with van der Waals surface area (Å²) >= 11 is 0. The van der Waals surface area contributed by atoms with E-state index in [2.05, 4.69) is 15.7 Å². The molecule has 1 atom stereocenters. The van der Waals surface area contributed by atoms with Crippen molar-refractivity contribution in [2.24, 2.45) is 0 Å². The average molecular weight is 405 g/mol. The number of hydrogen-bond donors (Lipinski definition) is 2. The Morgan fingerprint density at radius 3 is 1.87 bits per heavy atom. The molecule has 156 valence electrons. The van der Waals surface area contributed by atoms with Crippen LogP contribution in [0.5, 0.6) is 0 Å². The number of para-hydroxylation sites is 2. The molecule has 0 aliphatic heterocycles. The van der Waals surface area contributed by atoms with E-state index in [1.807, 2.05) is 71.0 Å². The van der Waals surface area contributed by atoms with Crippen LogP contribution in [-0.2, 0) is 4.79 Å². The standard InChI is InChI=1S/C24H28N4O2/c1-6-20(24(30)26-22-17(4)11-8-12-18(22)5)28-14-13-19(27-28)23(29)25-21-15(2)9-7-10-16(21)3/h7-14,20H,6H2,1-5H3,(H,25,29)(H,26,30)/t20-/m1/s1. The Labute approximate surface area is 177 Å². The number of carbonyl (C=O) groups is 2. The summed E-state index contributed by atoms with van der Waals surface area (Å²) in [4.78, 5) is 25.6. The van der Waals surface area contributed by atoms with Crippen LogP contribution in [0.15, 0.2) is 48.7 Å². The topological polar surface area (TPSA) is 76.0 Å². The van der Waals surface area contributed by atoms with E-state index in [4.69, 9.17) is 0 Å². The molecule has 0 aliphatic carbocycles. The maximum Gasteiger partial charge on any atom is 0.276 e. The highest BCUT2D eigenvalue weighted by molar-refractivity contribution is 6.03. The van der Waals surface area contributed by atoms with Crippen molar-refractivity contribution in [2.75, 3.05) is 10.6 Å². The highest BCUT2D eigenvalue weighted by atomic mass is 16.2. The van der Waals surface area contributed by atoms with Crippen LogP contribution in [0.25, 0.3) is 0 Å². The van der Waals surface area contributed by atoms with Gasteiger partial charge in [-0.25, -0.2) is 0 Å². The lowest BCUT2D eigenvalue weighted by Crippen LogP contribution is -2.27. The second kappa shape index (κ2) is 8.95. The first-order chi connectivity index (χ1) is 14.3. The molecule has 0 saturated heterocycles. The lowest BCUT2D eigenvalue weighted by Gasteiger charge is -2.18. The summed E-state index contributed by atoms with van der Waals surface area (Å²) in [6.07, 6.45) is 2.23. The molecule has 2 amide bonds. The number of carbonyl (C=O) groups excluding carboxylic acids is 2. The van der Waals surface area contributed by atoms with Crippen molar-refractivity contribution in [1.82, 2.24) is 9.78 Å². The van der Waals surface area contributed by atoms with Gasteiger partial charge in [0.05, 0.1) is 0 Å². The summed E-state index contributed by atoms with van der Waals surface area (Å²) in [6, 6.07) is 12.9. The van der Waals surface area contributed by atoms with Crippen LogP contribution in [0.4, 0.5) is 11.4 Å². The van der Waals surface area contributed by atoms with Crippen LogP contribution in [0.3, 0.4) is 0 Å². The van der Waals surface area contributed by atoms with Crippen LogP contribution in [-0.4, -0.2) is 21.6 Å². The minimum Gasteiger partial charge on any atom is -0.324 e. The summed E-state index contributed by atoms with van der Waals surface area (Å²) < 4.78 is 1.56. The number of amides is 2. The minimum atomic E-state index is -0.509. The van der Waals surface area contributed by atoms with Gasteiger partial charge in [-0.1, -0.05) is 43.3 Å². The third kappa shape index (κ3) is 4.43. The van der Waals surface area contributed by atoms with Crippen LogP contribution in [0.1, 0.15) is 52.1 Å². The lowest BCUT2D eigenvalue weighted by molar-refractivity contribution is -0.119. The van der Waals surface area contributed by atoms with Gasteiger partial charge < -0.3 is 10.6 Å². The smallest absolute Gasteiger partial charge is 0.276 e. The molecular formula is C24H28N4O2. The largest absolute Gasteiger partial charge is 0.324 e. The second-order valence-corrected chi connectivity index (χ2v) is 7.58. The van der Waals surface area contributed by atoms with E-state index in [0.717, 1.165) is 33.6 Å². The highest BCUT2D eigenvalue weighted by Gasteiger charge is 2.22. The fourth-order valence-corrected chi connectivity index (χ4v) is 3.53. The van der Waals surface area contributed by atoms with E-state index in [0.29, 0.717) is 6.42 Å². The van der Waals surface area contributed by atoms with Gasteiger partial charge >= 0.3 is 0 Å². The van der Waals surface area contributed by atoms with Crippen LogP contribution in [0.2, 0.25) is 0 Å². The fourth-order valence-electron chi connectivity index (χ4n) is 3.53. The Kier molecular flexibility index (Phi) is 6.35. The molecule has 1 heterocycles. The number of benzene rings is 2. The van der Waals surface area contributed by atoms with Crippen molar-refractivity contribution in [2.45, 2.75) is 47.1 Å². The predicted molar refractivity (Wildman–Crippen MR) is 120 cm³/mol. The summed E-state index contributed by atoms with van der Waals surface area (Å²) in [7, 11) is 0. The summed E-state index contributed by atoms with van der Waals surface area (Å²) in [5, 5.41) is 10.3. The summed E-state index contributed by atoms with van der Waals surface area (Å²) in [6.45, 7) is 9.76. The molecule has 1 aromatic heterocycles. The third-order valence-corrected chi connectivity index (χ3v) is 5.30. The molecule has 0 radical (unpaired) electrons. The quantitative estimate of drug-likeness (QED) is 0.610. The molecule has 6 heteroatoms. The van der Waals surface area contributed by atoms with Crippen LogP contribution < -0.4 is 10.6 Å². The molecule has 0 aliphatic rings. The number of nitrogens with zero attached hydrogens (tertiary/aromatic N) is 2. The molecular weight excluding hydrogens is 376 g/mol. The van der Waals surface area contributed by atoms with E-state index in [1.54, 1.807) is 16.9 Å². The van der Waals surface area contributed by atoms with Gasteiger partial charge in [-0.05, 0) is 62.4 Å². The zero-order chi connectivity index (χ0) is 21.8. The molecule has 3 aromatic rings. The number of anilines is 2. The first-order valence-corrected chi connectivity index (χ1v) is 10.1. The van der Waals surface area contributed by atoms with Gasteiger partial charge in [-0.15, -0.1) is 0 Å². The number of nitrogens with one attached hydrogen (secondary N) is 2. The average Bonchev–Trinajstić information content (AvgIpc) is 3.18. The molecule has 3 rings (SSSR count). The Bertz CT molecular complexity index is 1040. The van der Waals surface area contributed by atoms with Crippen molar-refractivity contribution in [3.8, 4) is 0 Å². The van der Waals surface area contributed by atoms with E-state index >= 15 is 0 Å². The Morgan fingerprint density at radius 1 is 0.867 bits per heavy atom. The van der Waals surface area contributed by atoms with Gasteiger partial charge in [0.1, 0.15) is 6.04 Å². The van der Waals surface area contributed by atoms with Crippen molar-refractivity contribution < 1.29 is 9.59 Å². The molecule has 2 aromatic carbocycles. The van der Waals surface area contributed by atoms with E-state index in [9.17, 15) is 9.59 Å². The molecule has 0 unspecified atom stereocenters. The molecule has 2 N–H and O–H groups in total. The maximum absolute atomic E-state index is 12.9. The molecule has 0 saturated carbocycles. The van der Waals surface area contributed by atoms with Crippen LogP contribution >= 0.6 is 0 Å². The molecule has 0 spiro atoms. The van der Waals surface area contributed by atoms with Gasteiger partial charge in [0, 0.05) is 17.6 Å². The van der Waals surface area contributed by atoms with Crippen molar-refractivity contribution in [3.63, 3.8) is 0 Å². The zero-order valence-corrected chi connectivity index (χ0v) is 18.1. The van der Waals surface area contributed by atoms with Crippen molar-refractivity contribution in [3.05, 3.63) is 76.6 Å². The monoisotopic (exact) mass is 404 g/mol. The summed E-state index contributed by atoms with van der Waals surface area (Å²) in [5.41, 5.74) is 5.87. The zero-order valence-electron chi connectivity index (χ0n) is 18.1. The molecule has 0 bridgehead atoms. The fraction of sp³-hybridized carbons (Fsp3) is 0.292. The number of rotatable bonds is 6. The number of hydrogen-bond acceptors (Lipinski definition) is 3. The Balaban J connectivity index is 1.77. The minimum absolute atomic E-state index is 0.153. The van der Waals surface area contributed by atoms with E-state index in [1.165, 1.54) is 0 Å². The molecule has 30 heavy (non-hydrogen) atoms. The first kappa shape index (κ1) is 21.3. The maximum atomic E-state index is 12.9. The lowest BCUT2D eigenvalue weighted by atomic mass is 10.1. The van der Waals surface area contributed by atoms with E-state index in [-0.39, 0.29) is 17.5 Å². The Hall–Kier alpha value is -3.41. The molecule has 0 fully saturated rings. The van der Waals surface area contributed by atoms with E-state index < -0.39 is 6.04 Å². The van der Waals surface area contributed by atoms with Crippen molar-refractivity contribution >= 4 is 23.2 Å². The van der Waals surface area contributed by atoms with Crippen LogP contribution in [0, 0.1) is 27.7 Å². The first-order valence-electron chi connectivity index (χ1n) is 10.1. The highest BCUT2D eigenvalue weighted by Crippen LogP contribution is 2.23. The number of aromatic nitrogens is 2. The van der Waals surface area contributed by atoms with Gasteiger partial charge in [-0.2, -0.15) is 5.10 Å². The van der Waals surface area contributed by atoms with Gasteiger partial charge in [0.25, 0.3) is 5.91 Å². The van der Waals surface area contributed by atoms with Gasteiger partial charge in [0.2, 0.25) is 5.91 Å². The third-order valence-electron chi connectivity index (χ3n) is 5.30.